The number of carbonyl (C=O) groups is 1. The van der Waals surface area contributed by atoms with E-state index in [1.54, 1.807) is 19.1 Å². The zero-order chi connectivity index (χ0) is 12.1. The fraction of sp³-hybridized carbons (Fsp3) is 0.273. The van der Waals surface area contributed by atoms with E-state index in [1.165, 1.54) is 6.07 Å². The Morgan fingerprint density at radius 2 is 2.38 bits per heavy atom. The molecule has 0 spiro atoms. The first-order valence-electron chi connectivity index (χ1n) is 4.71. The van der Waals surface area contributed by atoms with Gasteiger partial charge in [0.2, 0.25) is 0 Å². The van der Waals surface area contributed by atoms with Crippen molar-refractivity contribution >= 4 is 21.8 Å². The summed E-state index contributed by atoms with van der Waals surface area (Å²) in [4.78, 5) is 11.6. The van der Waals surface area contributed by atoms with Crippen molar-refractivity contribution in [2.45, 2.75) is 6.92 Å². The van der Waals surface area contributed by atoms with Gasteiger partial charge in [-0.1, -0.05) is 0 Å². The number of nitriles is 1. The van der Waals surface area contributed by atoms with Crippen molar-refractivity contribution in [1.29, 1.82) is 5.26 Å². The zero-order valence-electron chi connectivity index (χ0n) is 8.70. The molecular weight excluding hydrogens is 272 g/mol. The lowest BCUT2D eigenvalue weighted by molar-refractivity contribution is 0.0950. The van der Waals surface area contributed by atoms with Gasteiger partial charge in [-0.2, -0.15) is 5.26 Å². The SMILES string of the molecule is CC(C#N)CNC(=O)c1ccc(Br)c(O)c1. The molecule has 16 heavy (non-hydrogen) atoms. The molecule has 1 atom stereocenters. The smallest absolute Gasteiger partial charge is 0.251 e. The van der Waals surface area contributed by atoms with E-state index in [2.05, 4.69) is 21.2 Å². The Morgan fingerprint density at radius 1 is 1.69 bits per heavy atom. The molecule has 0 aliphatic rings. The first-order valence-corrected chi connectivity index (χ1v) is 5.50. The summed E-state index contributed by atoms with van der Waals surface area (Å²) in [6, 6.07) is 6.58. The number of carbonyl (C=O) groups excluding carboxylic acids is 1. The van der Waals surface area contributed by atoms with Crippen molar-refractivity contribution in [3.05, 3.63) is 28.2 Å². The third-order valence-corrected chi connectivity index (χ3v) is 2.67. The van der Waals surface area contributed by atoms with Crippen molar-refractivity contribution in [3.8, 4) is 11.8 Å². The number of hydrogen-bond donors (Lipinski definition) is 2. The molecule has 1 aromatic carbocycles. The molecule has 0 fully saturated rings. The van der Waals surface area contributed by atoms with Crippen LogP contribution in [0.15, 0.2) is 22.7 Å². The monoisotopic (exact) mass is 282 g/mol. The number of aromatic hydroxyl groups is 1. The van der Waals surface area contributed by atoms with Gasteiger partial charge in [-0.3, -0.25) is 4.79 Å². The van der Waals surface area contributed by atoms with Gasteiger partial charge in [0.25, 0.3) is 5.91 Å². The number of benzene rings is 1. The van der Waals surface area contributed by atoms with Crippen LogP contribution in [0, 0.1) is 17.2 Å². The fourth-order valence-electron chi connectivity index (χ4n) is 1.05. The van der Waals surface area contributed by atoms with Crippen LogP contribution in [0.25, 0.3) is 0 Å². The van der Waals surface area contributed by atoms with Crippen LogP contribution in [0.1, 0.15) is 17.3 Å². The third kappa shape index (κ3) is 3.24. The lowest BCUT2D eigenvalue weighted by atomic mass is 10.1. The molecule has 84 valence electrons. The molecule has 0 bridgehead atoms. The predicted octanol–water partition coefficient (Wildman–Crippen LogP) is 2.04. The molecule has 1 aromatic rings. The summed E-state index contributed by atoms with van der Waals surface area (Å²) in [5.41, 5.74) is 0.367. The van der Waals surface area contributed by atoms with Crippen LogP contribution < -0.4 is 5.32 Å². The second kappa shape index (κ2) is 5.52. The number of rotatable bonds is 3. The normalized spacial score (nSPS) is 11.6. The Morgan fingerprint density at radius 3 is 2.94 bits per heavy atom. The predicted molar refractivity (Wildman–Crippen MR) is 62.9 cm³/mol. The minimum atomic E-state index is -0.301. The molecule has 0 saturated carbocycles. The third-order valence-electron chi connectivity index (χ3n) is 2.00. The van der Waals surface area contributed by atoms with Crippen molar-refractivity contribution < 1.29 is 9.90 Å². The lowest BCUT2D eigenvalue weighted by Crippen LogP contribution is -2.27. The summed E-state index contributed by atoms with van der Waals surface area (Å²) in [5.74, 6) is -0.515. The standard InChI is InChI=1S/C11H11BrN2O2/c1-7(5-13)6-14-11(16)8-2-3-9(12)10(15)4-8/h2-4,7,15H,6H2,1H3,(H,14,16). The van der Waals surface area contributed by atoms with Crippen LogP contribution in [-0.4, -0.2) is 17.6 Å². The maximum atomic E-state index is 11.6. The van der Waals surface area contributed by atoms with Crippen LogP contribution in [-0.2, 0) is 0 Å². The van der Waals surface area contributed by atoms with E-state index in [0.717, 1.165) is 0 Å². The van der Waals surface area contributed by atoms with Gasteiger partial charge in [-0.25, -0.2) is 0 Å². The molecule has 5 heteroatoms. The number of phenolic OH excluding ortho intramolecular Hbond substituents is 1. The molecule has 0 aromatic heterocycles. The quantitative estimate of drug-likeness (QED) is 0.891. The topological polar surface area (TPSA) is 73.1 Å². The second-order valence-electron chi connectivity index (χ2n) is 3.41. The van der Waals surface area contributed by atoms with Gasteiger partial charge in [0.15, 0.2) is 0 Å². The molecule has 1 amide bonds. The van der Waals surface area contributed by atoms with E-state index in [4.69, 9.17) is 5.26 Å². The largest absolute Gasteiger partial charge is 0.507 e. The van der Waals surface area contributed by atoms with E-state index >= 15 is 0 Å². The molecular formula is C11H11BrN2O2. The van der Waals surface area contributed by atoms with Crippen LogP contribution in [0.3, 0.4) is 0 Å². The number of hydrogen-bond acceptors (Lipinski definition) is 3. The van der Waals surface area contributed by atoms with Gasteiger partial charge in [0.05, 0.1) is 16.5 Å². The molecule has 0 aliphatic heterocycles. The van der Waals surface area contributed by atoms with Gasteiger partial charge < -0.3 is 10.4 Å². The number of halogens is 1. The van der Waals surface area contributed by atoms with Crippen LogP contribution in [0.2, 0.25) is 0 Å². The summed E-state index contributed by atoms with van der Waals surface area (Å²) >= 11 is 3.13. The molecule has 4 nitrogen and oxygen atoms in total. The molecule has 1 unspecified atom stereocenters. The van der Waals surface area contributed by atoms with Crippen LogP contribution >= 0.6 is 15.9 Å². The van der Waals surface area contributed by atoms with Gasteiger partial charge in [0, 0.05) is 12.1 Å². The van der Waals surface area contributed by atoms with Crippen LogP contribution in [0.5, 0.6) is 5.75 Å². The Kier molecular flexibility index (Phi) is 4.32. The van der Waals surface area contributed by atoms with Crippen molar-refractivity contribution in [2.75, 3.05) is 6.54 Å². The molecule has 0 saturated heterocycles. The highest BCUT2D eigenvalue weighted by atomic mass is 79.9. The summed E-state index contributed by atoms with van der Waals surface area (Å²) in [5, 5.41) is 20.6. The van der Waals surface area contributed by atoms with E-state index in [1.807, 2.05) is 6.07 Å². The molecule has 0 heterocycles. The van der Waals surface area contributed by atoms with Gasteiger partial charge in [0.1, 0.15) is 5.75 Å². The number of nitrogens with one attached hydrogen (secondary N) is 1. The summed E-state index contributed by atoms with van der Waals surface area (Å²) in [6.07, 6.45) is 0. The summed E-state index contributed by atoms with van der Waals surface area (Å²) in [6.45, 7) is 2.02. The maximum Gasteiger partial charge on any atom is 0.251 e. The lowest BCUT2D eigenvalue weighted by Gasteiger charge is -2.06. The van der Waals surface area contributed by atoms with E-state index in [0.29, 0.717) is 16.6 Å². The molecule has 1 rings (SSSR count). The Balaban J connectivity index is 2.67. The highest BCUT2D eigenvalue weighted by Gasteiger charge is 2.09. The van der Waals surface area contributed by atoms with Crippen molar-refractivity contribution in [3.63, 3.8) is 0 Å². The first kappa shape index (κ1) is 12.5. The van der Waals surface area contributed by atoms with Gasteiger partial charge in [-0.15, -0.1) is 0 Å². The fourth-order valence-corrected chi connectivity index (χ4v) is 1.29. The van der Waals surface area contributed by atoms with E-state index < -0.39 is 0 Å². The van der Waals surface area contributed by atoms with Gasteiger partial charge >= 0.3 is 0 Å². The summed E-state index contributed by atoms with van der Waals surface area (Å²) < 4.78 is 0.537. The van der Waals surface area contributed by atoms with E-state index in [-0.39, 0.29) is 17.6 Å². The first-order chi connectivity index (χ1) is 7.54. The second-order valence-corrected chi connectivity index (χ2v) is 4.26. The van der Waals surface area contributed by atoms with Crippen LogP contribution in [0.4, 0.5) is 0 Å². The molecule has 2 N–H and O–H groups in total. The minimum Gasteiger partial charge on any atom is -0.507 e. The maximum absolute atomic E-state index is 11.6. The van der Waals surface area contributed by atoms with Crippen molar-refractivity contribution in [1.82, 2.24) is 5.32 Å². The minimum absolute atomic E-state index is 0.0148. The van der Waals surface area contributed by atoms with Gasteiger partial charge in [-0.05, 0) is 41.1 Å². The number of amides is 1. The molecule has 0 aliphatic carbocycles. The van der Waals surface area contributed by atoms with E-state index in [9.17, 15) is 9.90 Å². The Hall–Kier alpha value is -1.54. The Labute approximate surface area is 102 Å². The average Bonchev–Trinajstić information content (AvgIpc) is 2.29. The highest BCUT2D eigenvalue weighted by Crippen LogP contribution is 2.24. The molecule has 0 radical (unpaired) electrons. The number of phenols is 1. The van der Waals surface area contributed by atoms with Crippen molar-refractivity contribution in [2.24, 2.45) is 5.92 Å². The Bertz CT molecular complexity index is 440. The highest BCUT2D eigenvalue weighted by molar-refractivity contribution is 9.10. The zero-order valence-corrected chi connectivity index (χ0v) is 10.3. The number of nitrogens with zero attached hydrogens (tertiary/aromatic N) is 1. The summed E-state index contributed by atoms with van der Waals surface area (Å²) in [7, 11) is 0. The average molecular weight is 283 g/mol.